The molecule has 0 saturated carbocycles. The largest absolute Gasteiger partial charge is 0.464 e. The molecule has 98 valence electrons. The van der Waals surface area contributed by atoms with E-state index >= 15 is 0 Å². The summed E-state index contributed by atoms with van der Waals surface area (Å²) in [6.45, 7) is 0.689. The van der Waals surface area contributed by atoms with E-state index in [1.807, 2.05) is 24.1 Å². The van der Waals surface area contributed by atoms with E-state index in [1.165, 1.54) is 13.3 Å². The van der Waals surface area contributed by atoms with Crippen LogP contribution in [0, 0.1) is 0 Å². The van der Waals surface area contributed by atoms with Crippen LogP contribution in [0.15, 0.2) is 36.9 Å². The van der Waals surface area contributed by atoms with Crippen molar-refractivity contribution in [2.45, 2.75) is 6.54 Å². The number of carbonyl (C=O) groups excluding carboxylic acids is 1. The lowest BCUT2D eigenvalue weighted by Crippen LogP contribution is -2.18. The molecule has 0 spiro atoms. The summed E-state index contributed by atoms with van der Waals surface area (Å²) in [6, 6.07) is 3.87. The van der Waals surface area contributed by atoms with Crippen LogP contribution in [-0.2, 0) is 11.3 Å². The van der Waals surface area contributed by atoms with Crippen molar-refractivity contribution in [2.24, 2.45) is 0 Å². The van der Waals surface area contributed by atoms with Crippen molar-refractivity contribution < 1.29 is 9.53 Å². The molecule has 19 heavy (non-hydrogen) atoms. The topological polar surface area (TPSA) is 68.2 Å². The standard InChI is InChI=1S/C13H14N4O2/c1-17(9-10-3-5-14-6-4-10)12-8-15-11(7-16-12)13(18)19-2/h3-8H,9H2,1-2H3. The molecular weight excluding hydrogens is 244 g/mol. The number of methoxy groups -OCH3 is 1. The van der Waals surface area contributed by atoms with Gasteiger partial charge in [0, 0.05) is 26.0 Å². The number of esters is 1. The predicted molar refractivity (Wildman–Crippen MR) is 69.7 cm³/mol. The van der Waals surface area contributed by atoms with Gasteiger partial charge in [-0.3, -0.25) is 4.98 Å². The molecule has 6 nitrogen and oxygen atoms in total. The van der Waals surface area contributed by atoms with Gasteiger partial charge in [-0.05, 0) is 17.7 Å². The predicted octanol–water partition coefficient (Wildman–Crippen LogP) is 1.29. The molecule has 0 fully saturated rings. The molecule has 0 aliphatic rings. The Hall–Kier alpha value is -2.50. The monoisotopic (exact) mass is 258 g/mol. The molecular formula is C13H14N4O2. The average molecular weight is 258 g/mol. The highest BCUT2D eigenvalue weighted by atomic mass is 16.5. The number of rotatable bonds is 4. The molecule has 2 aromatic rings. The number of anilines is 1. The first-order valence-corrected chi connectivity index (χ1v) is 5.71. The average Bonchev–Trinajstić information content (AvgIpc) is 2.47. The summed E-state index contributed by atoms with van der Waals surface area (Å²) in [4.78, 5) is 25.4. The number of carbonyl (C=O) groups is 1. The van der Waals surface area contributed by atoms with E-state index in [0.717, 1.165) is 5.56 Å². The molecule has 2 rings (SSSR count). The third-order valence-corrected chi connectivity index (χ3v) is 2.59. The molecule has 0 atom stereocenters. The van der Waals surface area contributed by atoms with Gasteiger partial charge in [-0.1, -0.05) is 0 Å². The van der Waals surface area contributed by atoms with Gasteiger partial charge in [-0.25, -0.2) is 14.8 Å². The van der Waals surface area contributed by atoms with Gasteiger partial charge >= 0.3 is 5.97 Å². The fourth-order valence-corrected chi connectivity index (χ4v) is 1.57. The zero-order valence-electron chi connectivity index (χ0n) is 10.8. The van der Waals surface area contributed by atoms with Gasteiger partial charge in [-0.15, -0.1) is 0 Å². The molecule has 0 amide bonds. The Morgan fingerprint density at radius 1 is 1.26 bits per heavy atom. The van der Waals surface area contributed by atoms with Gasteiger partial charge in [0.2, 0.25) is 0 Å². The van der Waals surface area contributed by atoms with Crippen LogP contribution in [-0.4, -0.2) is 35.1 Å². The van der Waals surface area contributed by atoms with Crippen LogP contribution in [0.1, 0.15) is 16.1 Å². The first-order chi connectivity index (χ1) is 9.20. The second-order valence-electron chi connectivity index (χ2n) is 3.96. The van der Waals surface area contributed by atoms with Crippen LogP contribution in [0.2, 0.25) is 0 Å². The molecule has 2 heterocycles. The van der Waals surface area contributed by atoms with E-state index < -0.39 is 5.97 Å². The van der Waals surface area contributed by atoms with Crippen molar-refractivity contribution in [1.29, 1.82) is 0 Å². The van der Waals surface area contributed by atoms with Crippen LogP contribution < -0.4 is 4.90 Å². The Bertz CT molecular complexity index is 542. The molecule has 6 heteroatoms. The second-order valence-corrected chi connectivity index (χ2v) is 3.96. The molecule has 0 aromatic carbocycles. The van der Waals surface area contributed by atoms with Crippen LogP contribution in [0.25, 0.3) is 0 Å². The minimum Gasteiger partial charge on any atom is -0.464 e. The number of aromatic nitrogens is 3. The van der Waals surface area contributed by atoms with Crippen molar-refractivity contribution in [2.75, 3.05) is 19.1 Å². The smallest absolute Gasteiger partial charge is 0.358 e. The zero-order valence-corrected chi connectivity index (χ0v) is 10.8. The molecule has 2 aromatic heterocycles. The van der Waals surface area contributed by atoms with E-state index in [9.17, 15) is 4.79 Å². The molecule has 0 radical (unpaired) electrons. The Morgan fingerprint density at radius 2 is 2.00 bits per heavy atom. The van der Waals surface area contributed by atoms with Crippen molar-refractivity contribution >= 4 is 11.8 Å². The highest BCUT2D eigenvalue weighted by Crippen LogP contribution is 2.11. The molecule has 0 saturated heterocycles. The normalized spacial score (nSPS) is 10.0. The van der Waals surface area contributed by atoms with E-state index in [-0.39, 0.29) is 5.69 Å². The van der Waals surface area contributed by atoms with Crippen molar-refractivity contribution in [3.63, 3.8) is 0 Å². The maximum atomic E-state index is 11.2. The third-order valence-electron chi connectivity index (χ3n) is 2.59. The van der Waals surface area contributed by atoms with Gasteiger partial charge in [0.1, 0.15) is 5.82 Å². The minimum atomic E-state index is -0.490. The lowest BCUT2D eigenvalue weighted by atomic mass is 10.2. The molecule has 0 unspecified atom stereocenters. The summed E-state index contributed by atoms with van der Waals surface area (Å²) in [5.41, 5.74) is 1.32. The second kappa shape index (κ2) is 5.90. The maximum Gasteiger partial charge on any atom is 0.358 e. The number of hydrogen-bond acceptors (Lipinski definition) is 6. The van der Waals surface area contributed by atoms with Gasteiger partial charge in [0.05, 0.1) is 19.5 Å². The quantitative estimate of drug-likeness (QED) is 0.770. The summed E-state index contributed by atoms with van der Waals surface area (Å²) in [7, 11) is 3.22. The fraction of sp³-hybridized carbons (Fsp3) is 0.231. The highest BCUT2D eigenvalue weighted by molar-refractivity contribution is 5.86. The van der Waals surface area contributed by atoms with E-state index in [4.69, 9.17) is 0 Å². The fourth-order valence-electron chi connectivity index (χ4n) is 1.57. The first kappa shape index (κ1) is 12.9. The van der Waals surface area contributed by atoms with Crippen molar-refractivity contribution in [3.8, 4) is 0 Å². The number of pyridine rings is 1. The summed E-state index contributed by atoms with van der Waals surface area (Å²) < 4.78 is 4.57. The van der Waals surface area contributed by atoms with E-state index in [2.05, 4.69) is 19.7 Å². The SMILES string of the molecule is COC(=O)c1cnc(N(C)Cc2ccncc2)cn1. The molecule has 0 bridgehead atoms. The molecule has 0 aliphatic carbocycles. The van der Waals surface area contributed by atoms with Crippen LogP contribution in [0.4, 0.5) is 5.82 Å². The lowest BCUT2D eigenvalue weighted by Gasteiger charge is -2.17. The Labute approximate surface area is 111 Å². The number of ether oxygens (including phenoxy) is 1. The van der Waals surface area contributed by atoms with Crippen LogP contribution in [0.3, 0.4) is 0 Å². The van der Waals surface area contributed by atoms with Crippen molar-refractivity contribution in [1.82, 2.24) is 15.0 Å². The van der Waals surface area contributed by atoms with E-state index in [1.54, 1.807) is 18.6 Å². The Balaban J connectivity index is 2.07. The summed E-state index contributed by atoms with van der Waals surface area (Å²) in [5.74, 6) is 0.195. The van der Waals surface area contributed by atoms with Gasteiger partial charge in [-0.2, -0.15) is 0 Å². The molecule has 0 aliphatic heterocycles. The summed E-state index contributed by atoms with van der Waals surface area (Å²) >= 11 is 0. The van der Waals surface area contributed by atoms with Gasteiger partial charge < -0.3 is 9.64 Å². The van der Waals surface area contributed by atoms with Gasteiger partial charge in [0.25, 0.3) is 0 Å². The van der Waals surface area contributed by atoms with E-state index in [0.29, 0.717) is 12.4 Å². The third kappa shape index (κ3) is 3.25. The van der Waals surface area contributed by atoms with Crippen molar-refractivity contribution in [3.05, 3.63) is 48.2 Å². The highest BCUT2D eigenvalue weighted by Gasteiger charge is 2.09. The molecule has 0 N–H and O–H groups in total. The Kier molecular flexibility index (Phi) is 4.02. The number of hydrogen-bond donors (Lipinski definition) is 0. The summed E-state index contributed by atoms with van der Waals surface area (Å²) in [5, 5.41) is 0. The maximum absolute atomic E-state index is 11.2. The summed E-state index contributed by atoms with van der Waals surface area (Å²) in [6.07, 6.45) is 6.45. The number of nitrogens with zero attached hydrogens (tertiary/aromatic N) is 4. The Morgan fingerprint density at radius 3 is 2.58 bits per heavy atom. The lowest BCUT2D eigenvalue weighted by molar-refractivity contribution is 0.0593. The van der Waals surface area contributed by atoms with Crippen LogP contribution >= 0.6 is 0 Å². The van der Waals surface area contributed by atoms with Crippen LogP contribution in [0.5, 0.6) is 0 Å². The zero-order chi connectivity index (χ0) is 13.7. The first-order valence-electron chi connectivity index (χ1n) is 5.71. The minimum absolute atomic E-state index is 0.198. The van der Waals surface area contributed by atoms with Gasteiger partial charge in [0.15, 0.2) is 5.69 Å².